The maximum atomic E-state index is 15.0. The highest BCUT2D eigenvalue weighted by Crippen LogP contribution is 2.27. The van der Waals surface area contributed by atoms with Crippen molar-refractivity contribution in [3.63, 3.8) is 0 Å². The van der Waals surface area contributed by atoms with Crippen LogP contribution in [0.5, 0.6) is 0 Å². The number of hydrogen-bond acceptors (Lipinski definition) is 5. The Hall–Kier alpha value is -3.17. The van der Waals surface area contributed by atoms with Gasteiger partial charge in [-0.05, 0) is 43.7 Å². The second-order valence-electron chi connectivity index (χ2n) is 7.63. The summed E-state index contributed by atoms with van der Waals surface area (Å²) in [7, 11) is 0. The number of piperidine rings is 1. The molecule has 4 heterocycles. The fraction of sp³-hybridized carbons (Fsp3) is 0.286. The molecule has 4 aromatic rings. The molecular formula is C21H19F2N5O2. The van der Waals surface area contributed by atoms with Crippen LogP contribution < -0.4 is 10.9 Å². The highest BCUT2D eigenvalue weighted by molar-refractivity contribution is 5.84. The highest BCUT2D eigenvalue weighted by atomic mass is 19.1. The molecular weight excluding hydrogens is 392 g/mol. The van der Waals surface area contributed by atoms with Crippen molar-refractivity contribution >= 4 is 16.6 Å². The summed E-state index contributed by atoms with van der Waals surface area (Å²) < 4.78 is 32.3. The molecule has 0 aliphatic carbocycles. The van der Waals surface area contributed by atoms with E-state index in [1.807, 2.05) is 0 Å². The van der Waals surface area contributed by atoms with Crippen molar-refractivity contribution in [1.29, 1.82) is 0 Å². The van der Waals surface area contributed by atoms with Gasteiger partial charge in [0.05, 0.1) is 29.7 Å². The van der Waals surface area contributed by atoms with E-state index in [-0.39, 0.29) is 16.6 Å². The summed E-state index contributed by atoms with van der Waals surface area (Å²) in [5.41, 5.74) is 1.32. The van der Waals surface area contributed by atoms with E-state index in [1.165, 1.54) is 23.0 Å². The van der Waals surface area contributed by atoms with E-state index in [0.29, 0.717) is 36.3 Å². The van der Waals surface area contributed by atoms with Gasteiger partial charge in [-0.3, -0.25) is 9.36 Å². The lowest BCUT2D eigenvalue weighted by Crippen LogP contribution is -2.44. The Labute approximate surface area is 169 Å². The predicted molar refractivity (Wildman–Crippen MR) is 107 cm³/mol. The Bertz CT molecular complexity index is 1350. The van der Waals surface area contributed by atoms with E-state index in [2.05, 4.69) is 15.3 Å². The fourth-order valence-corrected chi connectivity index (χ4v) is 4.06. The van der Waals surface area contributed by atoms with E-state index in [0.717, 1.165) is 0 Å². The first kappa shape index (κ1) is 18.8. The molecule has 0 saturated carbocycles. The minimum atomic E-state index is -0.741. The number of aryl methyl sites for hydroxylation is 1. The largest absolute Gasteiger partial charge is 0.391 e. The number of aromatic nitrogens is 4. The smallest absolute Gasteiger partial charge is 0.264 e. The first-order valence-electron chi connectivity index (χ1n) is 9.67. The molecule has 0 bridgehead atoms. The van der Waals surface area contributed by atoms with Crippen LogP contribution in [0.25, 0.3) is 27.7 Å². The number of aliphatic hydroxyl groups is 1. The van der Waals surface area contributed by atoms with E-state index < -0.39 is 29.3 Å². The molecule has 1 aliphatic heterocycles. The summed E-state index contributed by atoms with van der Waals surface area (Å²) in [6, 6.07) is 3.54. The van der Waals surface area contributed by atoms with Crippen LogP contribution in [0.2, 0.25) is 0 Å². The maximum absolute atomic E-state index is 15.0. The minimum Gasteiger partial charge on any atom is -0.391 e. The third-order valence-electron chi connectivity index (χ3n) is 5.57. The van der Waals surface area contributed by atoms with Gasteiger partial charge in [0.2, 0.25) is 0 Å². The number of pyridine rings is 1. The van der Waals surface area contributed by atoms with E-state index in [4.69, 9.17) is 0 Å². The summed E-state index contributed by atoms with van der Waals surface area (Å²) in [6.07, 6.45) is 4.46. The molecule has 7 nitrogen and oxygen atoms in total. The maximum Gasteiger partial charge on any atom is 0.264 e. The van der Waals surface area contributed by atoms with Crippen molar-refractivity contribution in [3.8, 4) is 11.1 Å². The molecule has 1 fully saturated rings. The van der Waals surface area contributed by atoms with Crippen molar-refractivity contribution < 1.29 is 13.9 Å². The second-order valence-corrected chi connectivity index (χ2v) is 7.63. The Morgan fingerprint density at radius 3 is 2.77 bits per heavy atom. The van der Waals surface area contributed by atoms with Crippen molar-refractivity contribution in [3.05, 3.63) is 64.6 Å². The number of nitrogens with zero attached hydrogens (tertiary/aromatic N) is 4. The molecule has 1 saturated heterocycles. The number of nitrogens with one attached hydrogen (secondary N) is 1. The molecule has 5 rings (SSSR count). The summed E-state index contributed by atoms with van der Waals surface area (Å²) in [4.78, 5) is 21.3. The van der Waals surface area contributed by atoms with Gasteiger partial charge in [-0.15, -0.1) is 0 Å². The minimum absolute atomic E-state index is 0.154. The number of rotatable bonds is 2. The monoisotopic (exact) mass is 411 g/mol. The molecule has 0 spiro atoms. The van der Waals surface area contributed by atoms with Crippen LogP contribution in [0, 0.1) is 18.6 Å². The van der Waals surface area contributed by atoms with Crippen molar-refractivity contribution in [2.24, 2.45) is 0 Å². The van der Waals surface area contributed by atoms with Crippen LogP contribution in [0.15, 0.2) is 41.7 Å². The molecule has 3 aromatic heterocycles. The summed E-state index contributed by atoms with van der Waals surface area (Å²) >= 11 is 0. The normalized spacial score (nSPS) is 19.6. The molecule has 2 N–H and O–H groups in total. The molecule has 1 aromatic carbocycles. The summed E-state index contributed by atoms with van der Waals surface area (Å²) in [5, 5.41) is 13.2. The first-order chi connectivity index (χ1) is 14.4. The van der Waals surface area contributed by atoms with Crippen LogP contribution >= 0.6 is 0 Å². The van der Waals surface area contributed by atoms with Gasteiger partial charge in [-0.25, -0.2) is 18.7 Å². The van der Waals surface area contributed by atoms with E-state index in [9.17, 15) is 14.3 Å². The fourth-order valence-electron chi connectivity index (χ4n) is 4.06. The zero-order chi connectivity index (χ0) is 21.0. The molecule has 0 amide bonds. The average Bonchev–Trinajstić information content (AvgIpc) is 3.09. The molecule has 9 heteroatoms. The van der Waals surface area contributed by atoms with Crippen LogP contribution in [-0.2, 0) is 0 Å². The van der Waals surface area contributed by atoms with Crippen LogP contribution in [0.1, 0.15) is 18.2 Å². The molecule has 154 valence electrons. The highest BCUT2D eigenvalue weighted by Gasteiger charge is 2.26. The third-order valence-corrected chi connectivity index (χ3v) is 5.57. The SMILES string of the molecule is Cc1cn2cc(-c3cc(F)c4c(=O)n([C@H]5CNCC[C@H]5O)cnc4c3)cc(F)c2n1. The summed E-state index contributed by atoms with van der Waals surface area (Å²) in [6.45, 7) is 2.82. The number of aliphatic hydroxyl groups excluding tert-OH is 1. The quantitative estimate of drug-likeness (QED) is 0.528. The molecule has 0 radical (unpaired) electrons. The van der Waals surface area contributed by atoms with E-state index in [1.54, 1.807) is 29.8 Å². The van der Waals surface area contributed by atoms with Gasteiger partial charge in [0, 0.05) is 24.5 Å². The lowest BCUT2D eigenvalue weighted by atomic mass is 10.0. The van der Waals surface area contributed by atoms with Gasteiger partial charge in [0.25, 0.3) is 5.56 Å². The lowest BCUT2D eigenvalue weighted by Gasteiger charge is -2.29. The van der Waals surface area contributed by atoms with Gasteiger partial charge in [0.1, 0.15) is 11.2 Å². The van der Waals surface area contributed by atoms with Crippen LogP contribution in [-0.4, -0.2) is 43.2 Å². The molecule has 30 heavy (non-hydrogen) atoms. The van der Waals surface area contributed by atoms with Gasteiger partial charge in [0.15, 0.2) is 11.5 Å². The van der Waals surface area contributed by atoms with Gasteiger partial charge < -0.3 is 14.8 Å². The Balaban J connectivity index is 1.64. The number of hydrogen-bond donors (Lipinski definition) is 2. The van der Waals surface area contributed by atoms with Crippen molar-refractivity contribution in [2.45, 2.75) is 25.5 Å². The van der Waals surface area contributed by atoms with Crippen molar-refractivity contribution in [2.75, 3.05) is 13.1 Å². The van der Waals surface area contributed by atoms with Gasteiger partial charge in [-0.1, -0.05) is 0 Å². The first-order valence-corrected chi connectivity index (χ1v) is 9.67. The number of imidazole rings is 1. The lowest BCUT2D eigenvalue weighted by molar-refractivity contribution is 0.0823. The Morgan fingerprint density at radius 2 is 1.97 bits per heavy atom. The molecule has 0 unspecified atom stereocenters. The second kappa shape index (κ2) is 6.96. The van der Waals surface area contributed by atoms with Crippen LogP contribution in [0.3, 0.4) is 0 Å². The predicted octanol–water partition coefficient (Wildman–Crippen LogP) is 2.19. The Morgan fingerprint density at radius 1 is 1.17 bits per heavy atom. The van der Waals surface area contributed by atoms with E-state index >= 15 is 4.39 Å². The zero-order valence-corrected chi connectivity index (χ0v) is 16.1. The standard InChI is InChI=1S/C21H19F2N5O2/c1-11-8-27-9-13(5-15(23)20(27)26-11)12-4-14(22)19-16(6-12)25-10-28(21(19)30)17-7-24-3-2-18(17)29/h4-6,8-10,17-18,24,29H,2-3,7H2,1H3/t17-,18+/m0/s1. The Kier molecular flexibility index (Phi) is 4.37. The average molecular weight is 411 g/mol. The third kappa shape index (κ3) is 2.98. The summed E-state index contributed by atoms with van der Waals surface area (Å²) in [5.74, 6) is -1.27. The van der Waals surface area contributed by atoms with Crippen LogP contribution in [0.4, 0.5) is 8.78 Å². The molecule has 1 aliphatic rings. The molecule has 2 atom stereocenters. The van der Waals surface area contributed by atoms with Gasteiger partial charge >= 0.3 is 0 Å². The number of benzene rings is 1. The number of halogens is 2. The van der Waals surface area contributed by atoms with Crippen molar-refractivity contribution in [1.82, 2.24) is 24.3 Å². The topological polar surface area (TPSA) is 84.5 Å². The number of fused-ring (bicyclic) bond motifs is 2. The van der Waals surface area contributed by atoms with Gasteiger partial charge in [-0.2, -0.15) is 0 Å². The zero-order valence-electron chi connectivity index (χ0n) is 16.1.